The van der Waals surface area contributed by atoms with Crippen molar-refractivity contribution < 1.29 is 14.4 Å². The molecule has 1 unspecified atom stereocenters. The number of hydrogen-bond acceptors (Lipinski definition) is 5. The highest BCUT2D eigenvalue weighted by molar-refractivity contribution is 6.15. The van der Waals surface area contributed by atoms with Gasteiger partial charge in [-0.1, -0.05) is 56.3 Å². The van der Waals surface area contributed by atoms with E-state index >= 15 is 0 Å². The number of fused-ring (bicyclic) bond motifs is 7. The Labute approximate surface area is 235 Å². The number of dihydropyridines is 1. The van der Waals surface area contributed by atoms with Crippen molar-refractivity contribution in [3.63, 3.8) is 0 Å². The van der Waals surface area contributed by atoms with Gasteiger partial charge in [-0.25, -0.2) is 4.99 Å². The summed E-state index contributed by atoms with van der Waals surface area (Å²) >= 11 is 0. The fraction of sp³-hybridized carbons (Fsp3) is 0.265. The van der Waals surface area contributed by atoms with E-state index in [2.05, 4.69) is 23.5 Å². The van der Waals surface area contributed by atoms with Crippen molar-refractivity contribution in [3.05, 3.63) is 112 Å². The van der Waals surface area contributed by atoms with E-state index < -0.39 is 6.04 Å². The van der Waals surface area contributed by atoms with Gasteiger partial charge in [-0.2, -0.15) is 0 Å². The number of hydrogen-bond donors (Lipinski definition) is 1. The molecule has 5 rings (SSSR count). The highest BCUT2D eigenvalue weighted by Crippen LogP contribution is 2.25. The van der Waals surface area contributed by atoms with Gasteiger partial charge in [-0.05, 0) is 84.0 Å². The monoisotopic (exact) mass is 531 g/mol. The van der Waals surface area contributed by atoms with E-state index in [1.165, 1.54) is 0 Å². The molecule has 6 heteroatoms. The van der Waals surface area contributed by atoms with Gasteiger partial charge in [0.1, 0.15) is 17.7 Å². The summed E-state index contributed by atoms with van der Waals surface area (Å²) in [4.78, 5) is 47.8. The molecule has 0 spiro atoms. The molecule has 0 fully saturated rings. The maximum Gasteiger partial charge on any atom is 0.256 e. The van der Waals surface area contributed by atoms with Crippen LogP contribution in [-0.2, 0) is 35.3 Å². The van der Waals surface area contributed by atoms with Crippen LogP contribution in [0.3, 0.4) is 0 Å². The van der Waals surface area contributed by atoms with Crippen molar-refractivity contribution in [2.24, 2.45) is 15.9 Å². The number of carbonyl (C=O) groups excluding carboxylic acids is 3. The van der Waals surface area contributed by atoms with Gasteiger partial charge in [0.15, 0.2) is 5.78 Å². The van der Waals surface area contributed by atoms with Gasteiger partial charge in [0.25, 0.3) is 5.91 Å². The van der Waals surface area contributed by atoms with Crippen molar-refractivity contribution in [3.8, 4) is 0 Å². The average Bonchev–Trinajstić information content (AvgIpc) is 2.94. The minimum absolute atomic E-state index is 0.0293. The van der Waals surface area contributed by atoms with Crippen LogP contribution in [0.5, 0.6) is 0 Å². The maximum atomic E-state index is 13.1. The van der Waals surface area contributed by atoms with Crippen LogP contribution in [0.2, 0.25) is 0 Å². The summed E-state index contributed by atoms with van der Waals surface area (Å²) in [5.41, 5.74) is 6.97. The molecule has 6 bridgehead atoms. The quantitative estimate of drug-likeness (QED) is 0.479. The predicted octanol–water partition coefficient (Wildman–Crippen LogP) is 5.57. The summed E-state index contributed by atoms with van der Waals surface area (Å²) in [6.45, 7) is 5.60. The Kier molecular flexibility index (Phi) is 7.96. The number of benzene rings is 3. The van der Waals surface area contributed by atoms with Gasteiger partial charge in [-0.15, -0.1) is 0 Å². The summed E-state index contributed by atoms with van der Waals surface area (Å²) in [7, 11) is 0. The third-order valence-electron chi connectivity index (χ3n) is 7.30. The number of aryl methyl sites for hydroxylation is 2. The highest BCUT2D eigenvalue weighted by Gasteiger charge is 2.21. The summed E-state index contributed by atoms with van der Waals surface area (Å²) in [6, 6.07) is 20.9. The van der Waals surface area contributed by atoms with E-state index in [1.54, 1.807) is 31.2 Å². The number of aliphatic imine (C=N–C) groups is 2. The SMILES string of the molecule is CC1=Nc2ccc(CC(=O)C(C)C)cc2CCc2cccc(c2)C2=NC(Cc3cccc(c3)C(=O)N1)C(=O)C=C2. The first-order valence-corrected chi connectivity index (χ1v) is 13.7. The number of rotatable bonds is 3. The van der Waals surface area contributed by atoms with E-state index in [0.717, 1.165) is 45.6 Å². The Morgan fingerprint density at radius 1 is 0.925 bits per heavy atom. The van der Waals surface area contributed by atoms with Gasteiger partial charge in [0, 0.05) is 24.3 Å². The van der Waals surface area contributed by atoms with E-state index in [-0.39, 0.29) is 23.4 Å². The largest absolute Gasteiger partial charge is 0.310 e. The van der Waals surface area contributed by atoms with Crippen molar-refractivity contribution in [2.45, 2.75) is 52.5 Å². The molecule has 1 atom stereocenters. The number of Topliss-reactive ketones (excluding diaryl/α,β-unsaturated/α-hetero) is 1. The molecule has 0 aromatic heterocycles. The molecule has 0 aliphatic carbocycles. The Balaban J connectivity index is 1.56. The number of ketones is 2. The molecule has 2 aliphatic rings. The molecule has 6 nitrogen and oxygen atoms in total. The van der Waals surface area contributed by atoms with E-state index in [4.69, 9.17) is 9.98 Å². The van der Waals surface area contributed by atoms with Crippen LogP contribution < -0.4 is 5.32 Å². The molecule has 2 aliphatic heterocycles. The van der Waals surface area contributed by atoms with Crippen LogP contribution in [0.15, 0.2) is 88.9 Å². The molecule has 0 saturated heterocycles. The first kappa shape index (κ1) is 27.1. The number of nitrogens with zero attached hydrogens (tertiary/aromatic N) is 2. The topological polar surface area (TPSA) is 88.0 Å². The fourth-order valence-corrected chi connectivity index (χ4v) is 5.00. The van der Waals surface area contributed by atoms with Crippen molar-refractivity contribution in [1.29, 1.82) is 0 Å². The first-order chi connectivity index (χ1) is 19.2. The lowest BCUT2D eigenvalue weighted by atomic mass is 9.94. The van der Waals surface area contributed by atoms with Gasteiger partial charge in [0.2, 0.25) is 0 Å². The summed E-state index contributed by atoms with van der Waals surface area (Å²) in [6.07, 6.45) is 5.64. The molecule has 1 N–H and O–H groups in total. The Morgan fingerprint density at radius 2 is 1.68 bits per heavy atom. The van der Waals surface area contributed by atoms with Gasteiger partial charge < -0.3 is 5.32 Å². The lowest BCUT2D eigenvalue weighted by Gasteiger charge is -2.17. The number of allylic oxidation sites excluding steroid dienone is 1. The van der Waals surface area contributed by atoms with E-state index in [0.29, 0.717) is 30.7 Å². The molecule has 3 aromatic carbocycles. The Bertz CT molecular complexity index is 1580. The molecule has 0 saturated carbocycles. The standard InChI is InChI=1S/C34H33N3O3/c1-21(2)33(39)20-25-11-13-29-27(17-25)12-10-23-6-4-8-26(16-23)30-14-15-32(38)31(37-30)19-24-7-5-9-28(18-24)34(40)36-22(3)35-29/h4-9,11,13-18,21,31H,10,12,19-20H2,1-3H3,(H,35,36,40). The van der Waals surface area contributed by atoms with Crippen LogP contribution in [0.4, 0.5) is 5.69 Å². The smallest absolute Gasteiger partial charge is 0.256 e. The minimum atomic E-state index is -0.539. The molecule has 202 valence electrons. The first-order valence-electron chi connectivity index (χ1n) is 13.7. The van der Waals surface area contributed by atoms with Crippen molar-refractivity contribution in [1.82, 2.24) is 5.32 Å². The normalized spacial score (nSPS) is 17.2. The zero-order chi connectivity index (χ0) is 28.2. The minimum Gasteiger partial charge on any atom is -0.310 e. The zero-order valence-electron chi connectivity index (χ0n) is 23.1. The molecule has 3 aromatic rings. The second-order valence-electron chi connectivity index (χ2n) is 10.8. The van der Waals surface area contributed by atoms with Crippen LogP contribution >= 0.6 is 0 Å². The summed E-state index contributed by atoms with van der Waals surface area (Å²) in [5.74, 6) is 0.334. The van der Waals surface area contributed by atoms with Crippen LogP contribution in [0, 0.1) is 5.92 Å². The van der Waals surface area contributed by atoms with Crippen molar-refractivity contribution >= 4 is 34.7 Å². The number of amidine groups is 1. The third kappa shape index (κ3) is 6.40. The summed E-state index contributed by atoms with van der Waals surface area (Å²) < 4.78 is 0. The van der Waals surface area contributed by atoms with E-state index in [9.17, 15) is 14.4 Å². The molecular weight excluding hydrogens is 498 g/mol. The van der Waals surface area contributed by atoms with Crippen molar-refractivity contribution in [2.75, 3.05) is 0 Å². The summed E-state index contributed by atoms with van der Waals surface area (Å²) in [5, 5.41) is 2.90. The van der Waals surface area contributed by atoms with Crippen LogP contribution in [0.25, 0.3) is 0 Å². The number of carbonyl (C=O) groups is 3. The molecule has 1 amide bonds. The lowest BCUT2D eigenvalue weighted by molar-refractivity contribution is -0.121. The fourth-order valence-electron chi connectivity index (χ4n) is 5.00. The molecule has 40 heavy (non-hydrogen) atoms. The predicted molar refractivity (Wildman–Crippen MR) is 159 cm³/mol. The second-order valence-corrected chi connectivity index (χ2v) is 10.8. The Hall–Kier alpha value is -4.45. The lowest BCUT2D eigenvalue weighted by Crippen LogP contribution is -2.28. The zero-order valence-corrected chi connectivity index (χ0v) is 23.1. The van der Waals surface area contributed by atoms with Gasteiger partial charge in [-0.3, -0.25) is 19.4 Å². The molecular formula is C34H33N3O3. The van der Waals surface area contributed by atoms with Crippen LogP contribution in [-0.4, -0.2) is 35.1 Å². The van der Waals surface area contributed by atoms with Crippen LogP contribution in [0.1, 0.15) is 58.9 Å². The Morgan fingerprint density at radius 3 is 2.48 bits per heavy atom. The van der Waals surface area contributed by atoms with E-state index in [1.807, 2.05) is 50.2 Å². The average molecular weight is 532 g/mol. The molecule has 0 radical (unpaired) electrons. The second kappa shape index (κ2) is 11.7. The maximum absolute atomic E-state index is 13.1. The third-order valence-corrected chi connectivity index (χ3v) is 7.30. The molecule has 2 heterocycles. The van der Waals surface area contributed by atoms with Gasteiger partial charge in [0.05, 0.1) is 11.4 Å². The van der Waals surface area contributed by atoms with Gasteiger partial charge >= 0.3 is 0 Å². The number of nitrogens with one attached hydrogen (secondary N) is 1. The number of amides is 1. The highest BCUT2D eigenvalue weighted by atomic mass is 16.2.